The SMILES string of the molecule is Cn1c(=O)c(-c2ccc(F)c(NC(=O)Nc3cc(C(C)(C)C)no3)c2)cc2cnc(NCCc3ccccc3)nc21. The molecule has 0 aliphatic rings. The standard InChI is InChI=1S/C30H30FN7O3/c1-30(2,3)24-16-25(41-37-24)35-29(40)34-23-15-19(10-11-22(23)31)21-14-20-17-33-28(36-26(20)38(4)27(21)39)32-13-12-18-8-6-5-7-9-18/h5-11,14-17H,12-13H2,1-4H3,(H,32,33,36)(H2,34,35,40). The number of carbonyl (C=O) groups is 1. The monoisotopic (exact) mass is 555 g/mol. The van der Waals surface area contributed by atoms with Crippen molar-refractivity contribution in [3.8, 4) is 11.1 Å². The van der Waals surface area contributed by atoms with E-state index < -0.39 is 11.8 Å². The molecule has 0 aliphatic carbocycles. The first-order valence-corrected chi connectivity index (χ1v) is 13.1. The van der Waals surface area contributed by atoms with Crippen LogP contribution in [0.3, 0.4) is 0 Å². The molecule has 0 atom stereocenters. The highest BCUT2D eigenvalue weighted by Gasteiger charge is 2.20. The highest BCUT2D eigenvalue weighted by molar-refractivity contribution is 5.99. The summed E-state index contributed by atoms with van der Waals surface area (Å²) in [6.07, 6.45) is 2.44. The number of rotatable bonds is 7. The van der Waals surface area contributed by atoms with Crippen LogP contribution in [0.1, 0.15) is 32.0 Å². The van der Waals surface area contributed by atoms with E-state index in [9.17, 15) is 14.0 Å². The third-order valence-corrected chi connectivity index (χ3v) is 6.53. The average Bonchev–Trinajstić information content (AvgIpc) is 3.42. The van der Waals surface area contributed by atoms with E-state index in [0.29, 0.717) is 40.3 Å². The summed E-state index contributed by atoms with van der Waals surface area (Å²) in [6.45, 7) is 6.51. The molecule has 0 bridgehead atoms. The number of halogens is 1. The molecule has 3 N–H and O–H groups in total. The van der Waals surface area contributed by atoms with E-state index in [2.05, 4.69) is 43.2 Å². The lowest BCUT2D eigenvalue weighted by Crippen LogP contribution is -2.21. The van der Waals surface area contributed by atoms with Crippen molar-refractivity contribution in [1.82, 2.24) is 19.7 Å². The number of urea groups is 1. The van der Waals surface area contributed by atoms with Gasteiger partial charge in [0.15, 0.2) is 0 Å². The van der Waals surface area contributed by atoms with Crippen LogP contribution >= 0.6 is 0 Å². The number of aryl methyl sites for hydroxylation is 1. The van der Waals surface area contributed by atoms with Gasteiger partial charge in [-0.15, -0.1) is 0 Å². The van der Waals surface area contributed by atoms with Crippen LogP contribution in [0.5, 0.6) is 0 Å². The van der Waals surface area contributed by atoms with Crippen LogP contribution in [0.25, 0.3) is 22.2 Å². The Kier molecular flexibility index (Phi) is 7.52. The fourth-order valence-electron chi connectivity index (χ4n) is 4.24. The van der Waals surface area contributed by atoms with Gasteiger partial charge in [-0.3, -0.25) is 14.7 Å². The number of carbonyl (C=O) groups excluding carboxylic acids is 1. The van der Waals surface area contributed by atoms with Crippen molar-refractivity contribution in [1.29, 1.82) is 0 Å². The molecule has 5 rings (SSSR count). The summed E-state index contributed by atoms with van der Waals surface area (Å²) >= 11 is 0. The minimum atomic E-state index is -0.718. The molecule has 41 heavy (non-hydrogen) atoms. The van der Waals surface area contributed by atoms with Crippen LogP contribution < -0.4 is 21.5 Å². The predicted molar refractivity (Wildman–Crippen MR) is 157 cm³/mol. The first-order chi connectivity index (χ1) is 19.6. The summed E-state index contributed by atoms with van der Waals surface area (Å²) in [7, 11) is 1.62. The Morgan fingerprint density at radius 3 is 2.56 bits per heavy atom. The molecule has 0 unspecified atom stereocenters. The number of anilines is 3. The fourth-order valence-corrected chi connectivity index (χ4v) is 4.24. The van der Waals surface area contributed by atoms with E-state index in [-0.39, 0.29) is 22.5 Å². The Morgan fingerprint density at radius 2 is 1.83 bits per heavy atom. The maximum atomic E-state index is 14.6. The van der Waals surface area contributed by atoms with Crippen molar-refractivity contribution in [3.05, 3.63) is 94.3 Å². The Labute approximate surface area is 235 Å². The minimum Gasteiger partial charge on any atom is -0.354 e. The summed E-state index contributed by atoms with van der Waals surface area (Å²) < 4.78 is 21.2. The Bertz CT molecular complexity index is 1780. The lowest BCUT2D eigenvalue weighted by Gasteiger charge is -2.12. The molecule has 0 aliphatic heterocycles. The van der Waals surface area contributed by atoms with Gasteiger partial charge in [0.05, 0.1) is 11.4 Å². The summed E-state index contributed by atoms with van der Waals surface area (Å²) in [5.74, 6) is -0.123. The Morgan fingerprint density at radius 1 is 1.05 bits per heavy atom. The molecule has 3 aromatic heterocycles. The molecule has 0 spiro atoms. The minimum absolute atomic E-state index is 0.105. The third-order valence-electron chi connectivity index (χ3n) is 6.53. The first-order valence-electron chi connectivity index (χ1n) is 13.1. The largest absolute Gasteiger partial charge is 0.354 e. The number of hydrogen-bond donors (Lipinski definition) is 3. The van der Waals surface area contributed by atoms with Gasteiger partial charge >= 0.3 is 6.03 Å². The lowest BCUT2D eigenvalue weighted by molar-refractivity contribution is 0.261. The predicted octanol–water partition coefficient (Wildman–Crippen LogP) is 5.72. The zero-order valence-corrected chi connectivity index (χ0v) is 23.2. The lowest BCUT2D eigenvalue weighted by atomic mass is 9.92. The number of nitrogens with one attached hydrogen (secondary N) is 3. The summed E-state index contributed by atoms with van der Waals surface area (Å²) in [5, 5.41) is 12.8. The van der Waals surface area contributed by atoms with Gasteiger partial charge in [-0.2, -0.15) is 4.98 Å². The fraction of sp³-hybridized carbons (Fsp3) is 0.233. The van der Waals surface area contributed by atoms with Gasteiger partial charge in [0, 0.05) is 42.2 Å². The van der Waals surface area contributed by atoms with Crippen molar-refractivity contribution in [2.45, 2.75) is 32.6 Å². The molecule has 0 fully saturated rings. The van der Waals surface area contributed by atoms with Crippen LogP contribution in [0.4, 0.5) is 26.7 Å². The number of aromatic nitrogens is 4. The molecule has 2 aromatic carbocycles. The second kappa shape index (κ2) is 11.2. The van der Waals surface area contributed by atoms with E-state index in [1.54, 1.807) is 25.4 Å². The average molecular weight is 556 g/mol. The molecule has 3 heterocycles. The maximum Gasteiger partial charge on any atom is 0.326 e. The van der Waals surface area contributed by atoms with Crippen molar-refractivity contribution in [2.24, 2.45) is 7.05 Å². The Hall–Kier alpha value is -5.06. The normalized spacial score (nSPS) is 11.4. The van der Waals surface area contributed by atoms with Gasteiger partial charge in [-0.1, -0.05) is 62.3 Å². The number of fused-ring (bicyclic) bond motifs is 1. The molecule has 0 saturated heterocycles. The second-order valence-corrected chi connectivity index (χ2v) is 10.7. The second-order valence-electron chi connectivity index (χ2n) is 10.7. The molecular formula is C30H30FN7O3. The number of amides is 2. The molecular weight excluding hydrogens is 525 g/mol. The summed E-state index contributed by atoms with van der Waals surface area (Å²) in [5.41, 5.74) is 2.33. The number of hydrogen-bond acceptors (Lipinski definition) is 7. The van der Waals surface area contributed by atoms with Gasteiger partial charge in [-0.25, -0.2) is 14.2 Å². The van der Waals surface area contributed by atoms with Gasteiger partial charge in [-0.05, 0) is 35.7 Å². The van der Waals surface area contributed by atoms with Crippen LogP contribution in [-0.4, -0.2) is 32.3 Å². The van der Waals surface area contributed by atoms with Crippen LogP contribution in [-0.2, 0) is 18.9 Å². The molecule has 2 amide bonds. The highest BCUT2D eigenvalue weighted by atomic mass is 19.1. The van der Waals surface area contributed by atoms with E-state index in [4.69, 9.17) is 4.52 Å². The van der Waals surface area contributed by atoms with E-state index >= 15 is 0 Å². The maximum absolute atomic E-state index is 14.6. The van der Waals surface area contributed by atoms with Crippen LogP contribution in [0.15, 0.2) is 76.2 Å². The van der Waals surface area contributed by atoms with Crippen molar-refractivity contribution < 1.29 is 13.7 Å². The molecule has 210 valence electrons. The highest BCUT2D eigenvalue weighted by Crippen LogP contribution is 2.26. The third kappa shape index (κ3) is 6.24. The molecule has 11 heteroatoms. The van der Waals surface area contributed by atoms with Crippen LogP contribution in [0.2, 0.25) is 0 Å². The van der Waals surface area contributed by atoms with E-state index in [1.165, 1.54) is 28.3 Å². The topological polar surface area (TPSA) is 127 Å². The molecule has 0 saturated carbocycles. The van der Waals surface area contributed by atoms with Gasteiger partial charge < -0.3 is 15.2 Å². The molecule has 10 nitrogen and oxygen atoms in total. The Balaban J connectivity index is 1.34. The first kappa shape index (κ1) is 27.5. The number of pyridine rings is 1. The van der Waals surface area contributed by atoms with Crippen molar-refractivity contribution >= 4 is 34.6 Å². The quantitative estimate of drug-likeness (QED) is 0.234. The molecule has 0 radical (unpaired) electrons. The van der Waals surface area contributed by atoms with E-state index in [0.717, 1.165) is 6.42 Å². The molecule has 5 aromatic rings. The zero-order chi connectivity index (χ0) is 29.1. The zero-order valence-electron chi connectivity index (χ0n) is 23.2. The smallest absolute Gasteiger partial charge is 0.326 e. The van der Waals surface area contributed by atoms with Gasteiger partial charge in [0.1, 0.15) is 11.5 Å². The summed E-state index contributed by atoms with van der Waals surface area (Å²) in [6, 6.07) is 16.7. The van der Waals surface area contributed by atoms with Crippen molar-refractivity contribution in [2.75, 3.05) is 22.5 Å². The summed E-state index contributed by atoms with van der Waals surface area (Å²) in [4.78, 5) is 34.8. The van der Waals surface area contributed by atoms with Gasteiger partial charge in [0.2, 0.25) is 11.8 Å². The van der Waals surface area contributed by atoms with E-state index in [1.807, 2.05) is 39.0 Å². The van der Waals surface area contributed by atoms with Crippen LogP contribution in [0, 0.1) is 5.82 Å². The number of benzene rings is 2. The van der Waals surface area contributed by atoms with Gasteiger partial charge in [0.25, 0.3) is 5.56 Å². The number of nitrogens with zero attached hydrogens (tertiary/aromatic N) is 4. The van der Waals surface area contributed by atoms with Crippen molar-refractivity contribution in [3.63, 3.8) is 0 Å².